The number of allylic oxidation sites excluding steroid dienone is 1. The number of fused-ring (bicyclic) bond motifs is 7. The van der Waals surface area contributed by atoms with Gasteiger partial charge in [0.2, 0.25) is 0 Å². The SMILES string of the molecule is C#Cc1c(F)ccc2cc(C)cc(-c3c4c(c5c(N6CC7CCC(C6)N7C)nc(CCC67CCCN6CCC7)nc5c3F)C=C(C)C4)c12. The van der Waals surface area contributed by atoms with E-state index in [0.717, 1.165) is 70.6 Å². The molecule has 7 heteroatoms. The van der Waals surface area contributed by atoms with E-state index in [-0.39, 0.29) is 16.9 Å². The molecule has 9 rings (SSSR count). The maximum atomic E-state index is 17.7. The Bertz CT molecular complexity index is 2070. The van der Waals surface area contributed by atoms with E-state index in [1.54, 1.807) is 6.07 Å². The van der Waals surface area contributed by atoms with E-state index < -0.39 is 5.82 Å². The molecule has 0 N–H and O–H groups in total. The normalized spacial score (nSPS) is 23.2. The van der Waals surface area contributed by atoms with Crippen molar-refractivity contribution in [1.29, 1.82) is 0 Å². The Morgan fingerprint density at radius 3 is 2.48 bits per heavy atom. The van der Waals surface area contributed by atoms with E-state index in [1.165, 1.54) is 57.7 Å². The molecule has 5 heterocycles. The van der Waals surface area contributed by atoms with Crippen molar-refractivity contribution in [2.24, 2.45) is 0 Å². The highest BCUT2D eigenvalue weighted by atomic mass is 19.1. The monoisotopic (exact) mass is 643 g/mol. The molecular formula is C41H43F2N5. The third-order valence-corrected chi connectivity index (χ3v) is 12.5. The van der Waals surface area contributed by atoms with Crippen molar-refractivity contribution in [3.63, 3.8) is 0 Å². The van der Waals surface area contributed by atoms with Crippen LogP contribution >= 0.6 is 0 Å². The molecule has 3 aromatic carbocycles. The van der Waals surface area contributed by atoms with Crippen LogP contribution in [-0.4, -0.2) is 70.6 Å². The number of likely N-dealkylation sites (N-methyl/N-ethyl adjacent to an activating group) is 1. The highest BCUT2D eigenvalue weighted by Crippen LogP contribution is 2.47. The molecule has 1 aliphatic carbocycles. The Morgan fingerprint density at radius 2 is 1.75 bits per heavy atom. The van der Waals surface area contributed by atoms with Crippen molar-refractivity contribution in [3.05, 3.63) is 69.6 Å². The van der Waals surface area contributed by atoms with Crippen molar-refractivity contribution in [3.8, 4) is 23.5 Å². The van der Waals surface area contributed by atoms with Gasteiger partial charge in [0, 0.05) is 48.1 Å². The van der Waals surface area contributed by atoms with Crippen molar-refractivity contribution in [1.82, 2.24) is 19.8 Å². The summed E-state index contributed by atoms with van der Waals surface area (Å²) in [6, 6.07) is 8.06. The maximum absolute atomic E-state index is 17.7. The molecule has 4 aliphatic heterocycles. The van der Waals surface area contributed by atoms with Crippen LogP contribution in [0.2, 0.25) is 0 Å². The fourth-order valence-electron chi connectivity index (χ4n) is 10.2. The number of halogens is 2. The molecular weight excluding hydrogens is 600 g/mol. The standard InChI is InChI=1S/C41H43F2N5/c1-5-29-33(42)11-8-26-18-24(2)21-32(35(26)29)36-30-19-25(3)20-31(30)37-39(38(36)43)44-34(12-15-41-13-6-16-48(41)17-7-14-41)45-40(37)47-22-27-9-10-28(23-47)46(27)4/h1,8,11,18,20-21,27-28H,6-7,9-10,12-17,19,22-23H2,2-4H3. The fourth-order valence-corrected chi connectivity index (χ4v) is 10.2. The first-order valence-corrected chi connectivity index (χ1v) is 17.9. The predicted octanol–water partition coefficient (Wildman–Crippen LogP) is 7.82. The van der Waals surface area contributed by atoms with E-state index in [4.69, 9.17) is 16.4 Å². The molecule has 4 fully saturated rings. The molecule has 5 nitrogen and oxygen atoms in total. The quantitative estimate of drug-likeness (QED) is 0.207. The first-order valence-electron chi connectivity index (χ1n) is 17.9. The van der Waals surface area contributed by atoms with Gasteiger partial charge in [-0.2, -0.15) is 0 Å². The number of nitrogens with zero attached hydrogens (tertiary/aromatic N) is 5. The summed E-state index contributed by atoms with van der Waals surface area (Å²) in [4.78, 5) is 18.1. The van der Waals surface area contributed by atoms with Gasteiger partial charge in [0.15, 0.2) is 5.82 Å². The van der Waals surface area contributed by atoms with Crippen LogP contribution in [0.5, 0.6) is 0 Å². The van der Waals surface area contributed by atoms with Crippen LogP contribution in [-0.2, 0) is 12.8 Å². The van der Waals surface area contributed by atoms with Gasteiger partial charge in [-0.1, -0.05) is 35.8 Å². The Kier molecular flexibility index (Phi) is 6.98. The summed E-state index contributed by atoms with van der Waals surface area (Å²) in [7, 11) is 2.24. The second kappa shape index (κ2) is 11.1. The topological polar surface area (TPSA) is 35.5 Å². The summed E-state index contributed by atoms with van der Waals surface area (Å²) in [6.07, 6.45) is 17.7. The van der Waals surface area contributed by atoms with E-state index in [1.807, 2.05) is 19.1 Å². The van der Waals surface area contributed by atoms with Gasteiger partial charge in [0.05, 0.1) is 10.9 Å². The van der Waals surface area contributed by atoms with E-state index in [2.05, 4.69) is 40.7 Å². The van der Waals surface area contributed by atoms with Gasteiger partial charge < -0.3 is 4.90 Å². The Hall–Kier alpha value is -3.86. The second-order valence-corrected chi connectivity index (χ2v) is 15.3. The van der Waals surface area contributed by atoms with Crippen LogP contribution < -0.4 is 4.90 Å². The summed E-state index contributed by atoms with van der Waals surface area (Å²) in [5.74, 6) is 3.38. The van der Waals surface area contributed by atoms with Gasteiger partial charge in [-0.25, -0.2) is 18.7 Å². The number of aromatic nitrogens is 2. The van der Waals surface area contributed by atoms with Crippen LogP contribution in [0.1, 0.15) is 79.9 Å². The fraction of sp³-hybridized carbons (Fsp3) is 0.463. The molecule has 0 radical (unpaired) electrons. The van der Waals surface area contributed by atoms with E-state index in [0.29, 0.717) is 40.5 Å². The lowest BCUT2D eigenvalue weighted by atomic mass is 9.87. The third kappa shape index (κ3) is 4.48. The first kappa shape index (κ1) is 30.2. The summed E-state index contributed by atoms with van der Waals surface area (Å²) >= 11 is 0. The maximum Gasteiger partial charge on any atom is 0.157 e. The predicted molar refractivity (Wildman–Crippen MR) is 190 cm³/mol. The van der Waals surface area contributed by atoms with Crippen molar-refractivity contribution < 1.29 is 8.78 Å². The van der Waals surface area contributed by atoms with Crippen LogP contribution in [0.4, 0.5) is 14.6 Å². The first-order chi connectivity index (χ1) is 23.2. The minimum atomic E-state index is -0.467. The average molecular weight is 644 g/mol. The van der Waals surface area contributed by atoms with Gasteiger partial charge >= 0.3 is 0 Å². The molecule has 0 saturated carbocycles. The number of anilines is 1. The largest absolute Gasteiger partial charge is 0.353 e. The molecule has 4 saturated heterocycles. The van der Waals surface area contributed by atoms with Crippen molar-refractivity contribution in [2.75, 3.05) is 38.1 Å². The summed E-state index contributed by atoms with van der Waals surface area (Å²) < 4.78 is 33.0. The van der Waals surface area contributed by atoms with Crippen molar-refractivity contribution >= 4 is 33.6 Å². The average Bonchev–Trinajstić information content (AvgIpc) is 3.80. The molecule has 2 bridgehead atoms. The number of hydrogen-bond donors (Lipinski definition) is 0. The summed E-state index contributed by atoms with van der Waals surface area (Å²) in [6.45, 7) is 8.21. The minimum absolute atomic E-state index is 0.173. The number of piperazine rings is 1. The molecule has 2 unspecified atom stereocenters. The highest BCUT2D eigenvalue weighted by Gasteiger charge is 2.44. The van der Waals surface area contributed by atoms with Crippen LogP contribution in [0.15, 0.2) is 29.8 Å². The number of aryl methyl sites for hydroxylation is 2. The molecule has 4 aromatic rings. The lowest BCUT2D eigenvalue weighted by Crippen LogP contribution is -2.52. The highest BCUT2D eigenvalue weighted by molar-refractivity contribution is 6.08. The van der Waals surface area contributed by atoms with Gasteiger partial charge in [-0.15, -0.1) is 6.42 Å². The Balaban J connectivity index is 1.29. The molecule has 0 spiro atoms. The van der Waals surface area contributed by atoms with Gasteiger partial charge in [-0.3, -0.25) is 9.80 Å². The molecule has 246 valence electrons. The van der Waals surface area contributed by atoms with Crippen LogP contribution in [0.25, 0.3) is 38.9 Å². The lowest BCUT2D eigenvalue weighted by molar-refractivity contribution is 0.181. The summed E-state index contributed by atoms with van der Waals surface area (Å²) in [5, 5.41) is 2.21. The van der Waals surface area contributed by atoms with Crippen molar-refractivity contribution in [2.45, 2.75) is 89.3 Å². The van der Waals surface area contributed by atoms with E-state index >= 15 is 8.78 Å². The number of rotatable bonds is 5. The minimum Gasteiger partial charge on any atom is -0.353 e. The van der Waals surface area contributed by atoms with E-state index in [9.17, 15) is 0 Å². The Labute approximate surface area is 282 Å². The number of benzene rings is 3. The van der Waals surface area contributed by atoms with Gasteiger partial charge in [0.25, 0.3) is 0 Å². The lowest BCUT2D eigenvalue weighted by Gasteiger charge is -2.40. The molecule has 48 heavy (non-hydrogen) atoms. The Morgan fingerprint density at radius 1 is 1.00 bits per heavy atom. The zero-order valence-corrected chi connectivity index (χ0v) is 28.3. The molecule has 5 aliphatic rings. The third-order valence-electron chi connectivity index (χ3n) is 12.5. The smallest absolute Gasteiger partial charge is 0.157 e. The van der Waals surface area contributed by atoms with Gasteiger partial charge in [0.1, 0.15) is 23.0 Å². The molecule has 2 atom stereocenters. The van der Waals surface area contributed by atoms with Gasteiger partial charge in [-0.05, 0) is 119 Å². The van der Waals surface area contributed by atoms with Crippen LogP contribution in [0, 0.1) is 30.9 Å². The zero-order chi connectivity index (χ0) is 32.9. The number of hydrogen-bond acceptors (Lipinski definition) is 5. The van der Waals surface area contributed by atoms with Crippen LogP contribution in [0.3, 0.4) is 0 Å². The summed E-state index contributed by atoms with van der Waals surface area (Å²) in [5.41, 5.74) is 5.95. The zero-order valence-electron chi connectivity index (χ0n) is 28.3. The molecule has 0 amide bonds. The number of terminal acetylenes is 1. The second-order valence-electron chi connectivity index (χ2n) is 15.3. The molecule has 1 aromatic heterocycles.